The van der Waals surface area contributed by atoms with Crippen LogP contribution >= 0.6 is 0 Å². The van der Waals surface area contributed by atoms with E-state index >= 15 is 0 Å². The molecule has 0 aromatic heterocycles. The zero-order chi connectivity index (χ0) is 13.1. The first kappa shape index (κ1) is 15.5. The van der Waals surface area contributed by atoms with Gasteiger partial charge in [0.25, 0.3) is 0 Å². The van der Waals surface area contributed by atoms with Gasteiger partial charge in [-0.3, -0.25) is 0 Å². The molecule has 0 rings (SSSR count). The van der Waals surface area contributed by atoms with E-state index in [-0.39, 0.29) is 6.61 Å². The van der Waals surface area contributed by atoms with Gasteiger partial charge < -0.3 is 14.8 Å². The average molecular weight is 243 g/mol. The van der Waals surface area contributed by atoms with Crippen molar-refractivity contribution in [3.8, 4) is 0 Å². The summed E-state index contributed by atoms with van der Waals surface area (Å²) < 4.78 is 9.70. The van der Waals surface area contributed by atoms with Crippen LogP contribution in [0.15, 0.2) is 12.7 Å². The van der Waals surface area contributed by atoms with E-state index in [1.54, 1.807) is 6.92 Å². The quantitative estimate of drug-likeness (QED) is 0.402. The van der Waals surface area contributed by atoms with Gasteiger partial charge in [-0.1, -0.05) is 26.3 Å². The maximum Gasteiger partial charge on any atom is 0.407 e. The van der Waals surface area contributed by atoms with E-state index in [4.69, 9.17) is 9.47 Å². The Hall–Kier alpha value is -1.52. The smallest absolute Gasteiger partial charge is 0.407 e. The van der Waals surface area contributed by atoms with E-state index in [2.05, 4.69) is 18.8 Å². The van der Waals surface area contributed by atoms with Crippen LogP contribution in [0.1, 0.15) is 33.1 Å². The Balaban J connectivity index is 3.58. The van der Waals surface area contributed by atoms with Crippen molar-refractivity contribution < 1.29 is 19.1 Å². The third kappa shape index (κ3) is 9.41. The van der Waals surface area contributed by atoms with Crippen LogP contribution < -0.4 is 5.32 Å². The summed E-state index contributed by atoms with van der Waals surface area (Å²) in [6.07, 6.45) is 3.23. The molecule has 0 radical (unpaired) electrons. The number of hydrogen-bond donors (Lipinski definition) is 1. The van der Waals surface area contributed by atoms with Gasteiger partial charge in [-0.25, -0.2) is 9.59 Å². The molecule has 0 aliphatic rings. The van der Waals surface area contributed by atoms with Crippen LogP contribution in [-0.2, 0) is 14.3 Å². The molecule has 0 aliphatic heterocycles. The van der Waals surface area contributed by atoms with Crippen molar-refractivity contribution in [2.24, 2.45) is 0 Å². The second-order valence-electron chi connectivity index (χ2n) is 3.68. The van der Waals surface area contributed by atoms with Crippen LogP contribution in [0.25, 0.3) is 0 Å². The highest BCUT2D eigenvalue weighted by Crippen LogP contribution is 1.95. The zero-order valence-electron chi connectivity index (χ0n) is 10.5. The number of esters is 1. The van der Waals surface area contributed by atoms with Gasteiger partial charge in [0.2, 0.25) is 0 Å². The largest absolute Gasteiger partial charge is 0.459 e. The fourth-order valence-electron chi connectivity index (χ4n) is 1.08. The van der Waals surface area contributed by atoms with Crippen LogP contribution in [0.5, 0.6) is 0 Å². The second-order valence-corrected chi connectivity index (χ2v) is 3.68. The number of rotatable bonds is 8. The van der Waals surface area contributed by atoms with E-state index in [0.29, 0.717) is 6.54 Å². The number of hydrogen-bond acceptors (Lipinski definition) is 4. The monoisotopic (exact) mass is 243 g/mol. The van der Waals surface area contributed by atoms with Crippen molar-refractivity contribution >= 4 is 12.1 Å². The highest BCUT2D eigenvalue weighted by atomic mass is 16.6. The summed E-state index contributed by atoms with van der Waals surface area (Å²) in [6, 6.07) is 0. The number of ether oxygens (including phenoxy) is 2. The van der Waals surface area contributed by atoms with Crippen LogP contribution in [0.4, 0.5) is 4.79 Å². The Labute approximate surface area is 102 Å². The van der Waals surface area contributed by atoms with Gasteiger partial charge in [0.15, 0.2) is 0 Å². The molecular formula is C12H21NO4. The van der Waals surface area contributed by atoms with Crippen LogP contribution in [0.3, 0.4) is 0 Å². The number of nitrogens with one attached hydrogen (secondary N) is 1. The van der Waals surface area contributed by atoms with Gasteiger partial charge in [0.1, 0.15) is 12.7 Å². The van der Waals surface area contributed by atoms with Gasteiger partial charge in [-0.05, 0) is 13.3 Å². The SMILES string of the molecule is C=CC(=O)OCC(C)OC(=O)NCCCCC. The molecule has 1 atom stereocenters. The molecule has 0 saturated carbocycles. The molecule has 0 spiro atoms. The van der Waals surface area contributed by atoms with Crippen molar-refractivity contribution in [2.75, 3.05) is 13.2 Å². The topological polar surface area (TPSA) is 64.6 Å². The lowest BCUT2D eigenvalue weighted by molar-refractivity contribution is -0.140. The summed E-state index contributed by atoms with van der Waals surface area (Å²) in [4.78, 5) is 22.0. The first-order valence-corrected chi connectivity index (χ1v) is 5.83. The molecule has 1 amide bonds. The maximum atomic E-state index is 11.2. The third-order valence-corrected chi connectivity index (χ3v) is 1.98. The minimum atomic E-state index is -0.524. The van der Waals surface area contributed by atoms with Gasteiger partial charge >= 0.3 is 12.1 Å². The number of carbonyl (C=O) groups excluding carboxylic acids is 2. The van der Waals surface area contributed by atoms with Crippen LogP contribution in [0.2, 0.25) is 0 Å². The average Bonchev–Trinajstić information content (AvgIpc) is 2.31. The zero-order valence-corrected chi connectivity index (χ0v) is 10.5. The molecule has 5 nitrogen and oxygen atoms in total. The van der Waals surface area contributed by atoms with Gasteiger partial charge in [0, 0.05) is 12.6 Å². The van der Waals surface area contributed by atoms with Gasteiger partial charge in [0.05, 0.1) is 0 Å². The van der Waals surface area contributed by atoms with E-state index in [0.717, 1.165) is 25.3 Å². The fraction of sp³-hybridized carbons (Fsp3) is 0.667. The second kappa shape index (κ2) is 9.69. The lowest BCUT2D eigenvalue weighted by Gasteiger charge is -2.13. The minimum absolute atomic E-state index is 0.0350. The molecule has 17 heavy (non-hydrogen) atoms. The summed E-state index contributed by atoms with van der Waals surface area (Å²) in [5.74, 6) is -0.524. The molecule has 0 bridgehead atoms. The predicted octanol–water partition coefficient (Wildman–Crippen LogP) is 2.02. The number of carbonyl (C=O) groups is 2. The summed E-state index contributed by atoms with van der Waals surface area (Å²) in [7, 11) is 0. The standard InChI is InChI=1S/C12H21NO4/c1-4-6-7-8-13-12(15)17-10(3)9-16-11(14)5-2/h5,10H,2,4,6-9H2,1,3H3,(H,13,15). The van der Waals surface area contributed by atoms with Crippen molar-refractivity contribution in [1.29, 1.82) is 0 Å². The lowest BCUT2D eigenvalue weighted by Crippen LogP contribution is -2.30. The van der Waals surface area contributed by atoms with Crippen molar-refractivity contribution in [3.05, 3.63) is 12.7 Å². The van der Waals surface area contributed by atoms with Gasteiger partial charge in [-0.15, -0.1) is 0 Å². The van der Waals surface area contributed by atoms with Crippen molar-refractivity contribution in [3.63, 3.8) is 0 Å². The minimum Gasteiger partial charge on any atom is -0.459 e. The number of amides is 1. The van der Waals surface area contributed by atoms with Crippen molar-refractivity contribution in [2.45, 2.75) is 39.2 Å². The highest BCUT2D eigenvalue weighted by molar-refractivity contribution is 5.81. The van der Waals surface area contributed by atoms with E-state index < -0.39 is 18.2 Å². The molecule has 5 heteroatoms. The molecule has 1 unspecified atom stereocenters. The Morgan fingerprint density at radius 2 is 2.12 bits per heavy atom. The molecular weight excluding hydrogens is 222 g/mol. The highest BCUT2D eigenvalue weighted by Gasteiger charge is 2.10. The summed E-state index contributed by atoms with van der Waals surface area (Å²) >= 11 is 0. The molecule has 0 heterocycles. The normalized spacial score (nSPS) is 11.4. The molecule has 0 aromatic carbocycles. The molecule has 0 saturated heterocycles. The molecule has 0 aliphatic carbocycles. The number of unbranched alkanes of at least 4 members (excludes halogenated alkanes) is 2. The third-order valence-electron chi connectivity index (χ3n) is 1.98. The molecule has 0 aromatic rings. The summed E-state index contributed by atoms with van der Waals surface area (Å²) in [5, 5.41) is 2.63. The lowest BCUT2D eigenvalue weighted by atomic mass is 10.2. The summed E-state index contributed by atoms with van der Waals surface area (Å²) in [5.41, 5.74) is 0. The number of alkyl carbamates (subject to hydrolysis) is 1. The van der Waals surface area contributed by atoms with Crippen molar-refractivity contribution in [1.82, 2.24) is 5.32 Å². The summed E-state index contributed by atoms with van der Waals surface area (Å²) in [6.45, 7) is 7.65. The molecule has 1 N–H and O–H groups in total. The molecule has 0 fully saturated rings. The Kier molecular flexibility index (Phi) is 8.82. The Bertz CT molecular complexity index is 253. The van der Waals surface area contributed by atoms with Gasteiger partial charge in [-0.2, -0.15) is 0 Å². The van der Waals surface area contributed by atoms with E-state index in [9.17, 15) is 9.59 Å². The van der Waals surface area contributed by atoms with E-state index in [1.807, 2.05) is 0 Å². The van der Waals surface area contributed by atoms with E-state index in [1.165, 1.54) is 0 Å². The maximum absolute atomic E-state index is 11.2. The fourth-order valence-corrected chi connectivity index (χ4v) is 1.08. The molecule has 98 valence electrons. The Morgan fingerprint density at radius 1 is 1.41 bits per heavy atom. The first-order valence-electron chi connectivity index (χ1n) is 5.83. The van der Waals surface area contributed by atoms with Crippen LogP contribution in [-0.4, -0.2) is 31.3 Å². The predicted molar refractivity (Wildman–Crippen MR) is 64.6 cm³/mol. The Morgan fingerprint density at radius 3 is 2.71 bits per heavy atom. The van der Waals surface area contributed by atoms with Crippen LogP contribution in [0, 0.1) is 0 Å². The first-order chi connectivity index (χ1) is 8.10.